The van der Waals surface area contributed by atoms with Crippen molar-refractivity contribution in [3.63, 3.8) is 0 Å². The first-order valence-corrected chi connectivity index (χ1v) is 23.6. The first-order valence-electron chi connectivity index (χ1n) is 23.6. The molecule has 0 atom stereocenters. The van der Waals surface area contributed by atoms with Gasteiger partial charge < -0.3 is 9.13 Å². The summed E-state index contributed by atoms with van der Waals surface area (Å²) < 4.78 is 93.8. The van der Waals surface area contributed by atoms with Gasteiger partial charge in [-0.25, -0.2) is 0 Å². The standard InChI is InChI=1S/C63H45F6N3/c1-35-26-37(3)59(38(4)27-35)41-19-23-56-49(30-41)46-12-7-9-16-54(46)71(56)45-22-18-44(34-70)48(33-45)51-32-43(61-52(62(64,65)66)14-11-15-53(61)63(67,68)69)21-25-58(51)72-55-17-10-8-13-47(55)50-31-42(20-24-57(50)72)60-39(5)28-36(2)29-40(60)6/h7-33H,1-6H3. The molecule has 0 bridgehead atoms. The maximum atomic E-state index is 14.9. The van der Waals surface area contributed by atoms with Crippen LogP contribution in [0.1, 0.15) is 50.1 Å². The number of hydrogen-bond donors (Lipinski definition) is 0. The average Bonchev–Trinajstić information content (AvgIpc) is 3.84. The second kappa shape index (κ2) is 16.9. The van der Waals surface area contributed by atoms with Crippen molar-refractivity contribution in [1.29, 1.82) is 5.26 Å². The maximum absolute atomic E-state index is 14.9. The fourth-order valence-electron chi connectivity index (χ4n) is 11.5. The minimum atomic E-state index is -5.13. The molecule has 11 aromatic rings. The number of benzene rings is 9. The summed E-state index contributed by atoms with van der Waals surface area (Å²) in [5.74, 6) is 0. The molecule has 0 spiro atoms. The largest absolute Gasteiger partial charge is 0.417 e. The number of alkyl halides is 6. The van der Waals surface area contributed by atoms with Gasteiger partial charge in [0, 0.05) is 43.9 Å². The molecule has 0 fully saturated rings. The lowest BCUT2D eigenvalue weighted by atomic mass is 9.89. The van der Waals surface area contributed by atoms with Gasteiger partial charge in [0.15, 0.2) is 0 Å². The molecule has 11 rings (SSSR count). The molecule has 0 aliphatic heterocycles. The highest BCUT2D eigenvalue weighted by Crippen LogP contribution is 2.48. The van der Waals surface area contributed by atoms with Crippen molar-refractivity contribution >= 4 is 43.6 Å². The number of para-hydroxylation sites is 2. The number of aromatic nitrogens is 2. The monoisotopic (exact) mass is 957 g/mol. The number of fused-ring (bicyclic) bond motifs is 6. The molecule has 0 N–H and O–H groups in total. The van der Waals surface area contributed by atoms with E-state index in [2.05, 4.69) is 107 Å². The first kappa shape index (κ1) is 46.1. The Kier molecular flexibility index (Phi) is 10.8. The van der Waals surface area contributed by atoms with Crippen LogP contribution in [-0.2, 0) is 12.4 Å². The Morgan fingerprint density at radius 2 is 0.833 bits per heavy atom. The minimum Gasteiger partial charge on any atom is -0.309 e. The van der Waals surface area contributed by atoms with Crippen LogP contribution in [0.2, 0.25) is 0 Å². The molecule has 0 saturated heterocycles. The average molecular weight is 958 g/mol. The van der Waals surface area contributed by atoms with E-state index >= 15 is 0 Å². The van der Waals surface area contributed by atoms with Gasteiger partial charge in [0.05, 0.1) is 50.5 Å². The highest BCUT2D eigenvalue weighted by Gasteiger charge is 2.41. The Labute approximate surface area is 412 Å². The van der Waals surface area contributed by atoms with Crippen molar-refractivity contribution in [1.82, 2.24) is 9.13 Å². The van der Waals surface area contributed by atoms with Gasteiger partial charge in [-0.15, -0.1) is 0 Å². The molecule has 2 aromatic heterocycles. The summed E-state index contributed by atoms with van der Waals surface area (Å²) in [5.41, 5.74) is 12.2. The second-order valence-corrected chi connectivity index (χ2v) is 19.0. The van der Waals surface area contributed by atoms with E-state index in [1.54, 1.807) is 12.1 Å². The number of nitrogens with zero attached hydrogens (tertiary/aromatic N) is 3. The minimum absolute atomic E-state index is 0.180. The summed E-state index contributed by atoms with van der Waals surface area (Å²) in [5, 5.41) is 14.7. The number of nitriles is 1. The molecular weight excluding hydrogens is 913 g/mol. The number of rotatable bonds is 6. The van der Waals surface area contributed by atoms with Gasteiger partial charge in [0.1, 0.15) is 0 Å². The second-order valence-electron chi connectivity index (χ2n) is 19.0. The quantitative estimate of drug-likeness (QED) is 0.153. The van der Waals surface area contributed by atoms with E-state index in [0.717, 1.165) is 99.7 Å². The van der Waals surface area contributed by atoms with Gasteiger partial charge >= 0.3 is 12.4 Å². The zero-order chi connectivity index (χ0) is 50.5. The summed E-state index contributed by atoms with van der Waals surface area (Å²) >= 11 is 0. The molecule has 0 radical (unpaired) electrons. The summed E-state index contributed by atoms with van der Waals surface area (Å²) in [6.07, 6.45) is -10.3. The molecule has 0 saturated carbocycles. The normalized spacial score (nSPS) is 12.2. The van der Waals surface area contributed by atoms with Gasteiger partial charge in [0.2, 0.25) is 0 Å². The van der Waals surface area contributed by atoms with Gasteiger partial charge in [-0.2, -0.15) is 31.6 Å². The van der Waals surface area contributed by atoms with Crippen LogP contribution in [0.25, 0.3) is 99.5 Å². The molecule has 0 aliphatic rings. The Morgan fingerprint density at radius 3 is 1.33 bits per heavy atom. The van der Waals surface area contributed by atoms with Crippen LogP contribution >= 0.6 is 0 Å². The van der Waals surface area contributed by atoms with Crippen LogP contribution < -0.4 is 0 Å². The number of aryl methyl sites for hydroxylation is 6. The lowest BCUT2D eigenvalue weighted by Gasteiger charge is -2.22. The molecular formula is C63H45F6N3. The summed E-state index contributed by atoms with van der Waals surface area (Å²) in [6.45, 7) is 12.5. The third kappa shape index (κ3) is 7.52. The number of halogens is 6. The summed E-state index contributed by atoms with van der Waals surface area (Å²) in [7, 11) is 0. The highest BCUT2D eigenvalue weighted by molar-refractivity contribution is 6.12. The van der Waals surface area contributed by atoms with E-state index < -0.39 is 29.0 Å². The molecule has 9 aromatic carbocycles. The van der Waals surface area contributed by atoms with E-state index in [4.69, 9.17) is 0 Å². The molecule has 0 amide bonds. The van der Waals surface area contributed by atoms with Crippen LogP contribution in [0.4, 0.5) is 26.3 Å². The van der Waals surface area contributed by atoms with Gasteiger partial charge in [-0.3, -0.25) is 0 Å². The molecule has 2 heterocycles. The number of hydrogen-bond acceptors (Lipinski definition) is 1. The van der Waals surface area contributed by atoms with Crippen LogP contribution in [0.3, 0.4) is 0 Å². The van der Waals surface area contributed by atoms with Crippen molar-refractivity contribution < 1.29 is 26.3 Å². The van der Waals surface area contributed by atoms with E-state index in [-0.39, 0.29) is 16.7 Å². The topological polar surface area (TPSA) is 33.6 Å². The Bertz CT molecular complexity index is 4020. The zero-order valence-electron chi connectivity index (χ0n) is 40.2. The van der Waals surface area contributed by atoms with E-state index in [0.29, 0.717) is 29.1 Å². The predicted octanol–water partition coefficient (Wildman–Crippen LogP) is 18.3. The molecule has 72 heavy (non-hydrogen) atoms. The van der Waals surface area contributed by atoms with E-state index in [9.17, 15) is 31.6 Å². The van der Waals surface area contributed by atoms with Gasteiger partial charge in [-0.1, -0.05) is 96.1 Å². The van der Waals surface area contributed by atoms with Gasteiger partial charge in [0.25, 0.3) is 0 Å². The lowest BCUT2D eigenvalue weighted by Crippen LogP contribution is -2.14. The van der Waals surface area contributed by atoms with Crippen LogP contribution in [-0.4, -0.2) is 9.13 Å². The summed E-state index contributed by atoms with van der Waals surface area (Å²) in [4.78, 5) is 0. The van der Waals surface area contributed by atoms with E-state index in [1.807, 2.05) is 71.3 Å². The van der Waals surface area contributed by atoms with E-state index in [1.165, 1.54) is 17.7 Å². The SMILES string of the molecule is Cc1cc(C)c(-c2ccc3c(c2)c2ccccc2n3-c2ccc(C#N)c(-c3cc(-c4c(C(F)(F)F)cccc4C(F)(F)F)ccc3-n3c4ccccc4c4cc(-c5c(C)cc(C)cc5C)ccc43)c2)c(C)c1. The Balaban J connectivity index is 1.21. The highest BCUT2D eigenvalue weighted by atomic mass is 19.4. The van der Waals surface area contributed by atoms with Crippen molar-refractivity contribution in [3.8, 4) is 62.0 Å². The van der Waals surface area contributed by atoms with Crippen LogP contribution in [0.15, 0.2) is 164 Å². The third-order valence-corrected chi connectivity index (χ3v) is 14.1. The summed E-state index contributed by atoms with van der Waals surface area (Å²) in [6, 6.07) is 51.1. The first-order chi connectivity index (χ1) is 34.4. The molecule has 0 aliphatic carbocycles. The lowest BCUT2D eigenvalue weighted by molar-refractivity contribution is -0.142. The Morgan fingerprint density at radius 1 is 0.389 bits per heavy atom. The Hall–Kier alpha value is -8.35. The smallest absolute Gasteiger partial charge is 0.309 e. The fraction of sp³-hybridized carbons (Fsp3) is 0.127. The van der Waals surface area contributed by atoms with Crippen molar-refractivity contribution in [3.05, 3.63) is 214 Å². The zero-order valence-corrected chi connectivity index (χ0v) is 40.2. The predicted molar refractivity (Wildman–Crippen MR) is 280 cm³/mol. The van der Waals surface area contributed by atoms with Gasteiger partial charge in [-0.05, 0) is 170 Å². The molecule has 354 valence electrons. The molecule has 0 unspecified atom stereocenters. The fourth-order valence-corrected chi connectivity index (χ4v) is 11.5. The molecule has 9 heteroatoms. The van der Waals surface area contributed by atoms with Crippen molar-refractivity contribution in [2.24, 2.45) is 0 Å². The maximum Gasteiger partial charge on any atom is 0.417 e. The van der Waals surface area contributed by atoms with Crippen molar-refractivity contribution in [2.75, 3.05) is 0 Å². The van der Waals surface area contributed by atoms with Crippen molar-refractivity contribution in [2.45, 2.75) is 53.9 Å². The third-order valence-electron chi connectivity index (χ3n) is 14.1. The van der Waals surface area contributed by atoms with Crippen LogP contribution in [0.5, 0.6) is 0 Å². The molecule has 3 nitrogen and oxygen atoms in total. The van der Waals surface area contributed by atoms with Crippen LogP contribution in [0, 0.1) is 52.9 Å².